The van der Waals surface area contributed by atoms with E-state index in [1.54, 1.807) is 0 Å². The summed E-state index contributed by atoms with van der Waals surface area (Å²) >= 11 is 0. The number of aromatic nitrogens is 4. The second-order valence-electron chi connectivity index (χ2n) is 15.0. The Morgan fingerprint density at radius 3 is 1.92 bits per heavy atom. The Hall–Kier alpha value is -4.14. The molecule has 0 saturated carbocycles. The molecule has 4 aromatic rings. The first-order valence-electron chi connectivity index (χ1n) is 17.8. The third-order valence-corrected chi connectivity index (χ3v) is 14.6. The van der Waals surface area contributed by atoms with Crippen LogP contribution >= 0.6 is 0 Å². The summed E-state index contributed by atoms with van der Waals surface area (Å²) in [5, 5.41) is 14.8. The van der Waals surface area contributed by atoms with E-state index in [-0.39, 0.29) is 17.1 Å². The van der Waals surface area contributed by atoms with Crippen LogP contribution in [0.2, 0.25) is 18.1 Å². The number of nitrogen functional groups attached to an aromatic ring is 1. The minimum absolute atomic E-state index is 0.0871. The zero-order chi connectivity index (χ0) is 36.3. The van der Waals surface area contributed by atoms with Crippen molar-refractivity contribution in [3.63, 3.8) is 0 Å². The highest BCUT2D eigenvalue weighted by Gasteiger charge is 2.37. The van der Waals surface area contributed by atoms with Crippen molar-refractivity contribution in [1.82, 2.24) is 19.9 Å². The van der Waals surface area contributed by atoms with Gasteiger partial charge in [-0.1, -0.05) is 20.8 Å². The normalized spacial score (nSPS) is 19.2. The summed E-state index contributed by atoms with van der Waals surface area (Å²) in [7, 11) is -2.00. The van der Waals surface area contributed by atoms with Crippen LogP contribution in [0, 0.1) is 0 Å². The standard InChI is InChI=1S/C38H52N8O4Si/c1-25-22-48-18-16-45(25)33-20-31(24-50-51(6,7)38(3,4)5)40-35(43-33)28-10-14-30(15-11-28)41-37(47)32-21-34(46-17-19-49-23-26(46)2)44-36(42-32)27-8-12-29(39)13-9-27/h8-15,20-21,25-26,37,41,47H,16-19,22-24,39H2,1-7H3/t25-,26-,37?/m0/s1. The van der Waals surface area contributed by atoms with Crippen LogP contribution in [0.5, 0.6) is 0 Å². The summed E-state index contributed by atoms with van der Waals surface area (Å²) in [5.41, 5.74) is 10.3. The molecule has 2 aliphatic rings. The third kappa shape index (κ3) is 8.67. The number of morpholine rings is 2. The fraction of sp³-hybridized carbons (Fsp3) is 0.474. The summed E-state index contributed by atoms with van der Waals surface area (Å²) in [5.74, 6) is 2.74. The topological polar surface area (TPSA) is 144 Å². The van der Waals surface area contributed by atoms with Gasteiger partial charge in [0.05, 0.1) is 56.5 Å². The van der Waals surface area contributed by atoms with Crippen LogP contribution < -0.4 is 20.9 Å². The van der Waals surface area contributed by atoms with E-state index < -0.39 is 14.5 Å². The van der Waals surface area contributed by atoms with Crippen LogP contribution in [0.3, 0.4) is 0 Å². The lowest BCUT2D eigenvalue weighted by atomic mass is 10.1. The highest BCUT2D eigenvalue weighted by Crippen LogP contribution is 2.37. The van der Waals surface area contributed by atoms with Gasteiger partial charge in [-0.15, -0.1) is 0 Å². The van der Waals surface area contributed by atoms with Gasteiger partial charge >= 0.3 is 0 Å². The molecule has 4 N–H and O–H groups in total. The van der Waals surface area contributed by atoms with Crippen LogP contribution in [0.1, 0.15) is 52.2 Å². The van der Waals surface area contributed by atoms with E-state index in [0.717, 1.165) is 40.7 Å². The van der Waals surface area contributed by atoms with Gasteiger partial charge in [0.1, 0.15) is 11.6 Å². The second kappa shape index (κ2) is 15.2. The summed E-state index contributed by atoms with van der Waals surface area (Å²) in [6, 6.07) is 19.4. The maximum Gasteiger partial charge on any atom is 0.192 e. The van der Waals surface area contributed by atoms with Crippen LogP contribution in [0.25, 0.3) is 22.8 Å². The molecule has 2 aromatic carbocycles. The average molecular weight is 713 g/mol. The van der Waals surface area contributed by atoms with Gasteiger partial charge in [0, 0.05) is 47.7 Å². The van der Waals surface area contributed by atoms with Crippen molar-refractivity contribution in [1.29, 1.82) is 0 Å². The van der Waals surface area contributed by atoms with Crippen LogP contribution in [-0.4, -0.2) is 85.0 Å². The minimum atomic E-state index is -2.00. The molecule has 12 nitrogen and oxygen atoms in total. The SMILES string of the molecule is C[C@H]1COCCN1c1cc(CO[Si](C)(C)C(C)(C)C)nc(-c2ccc(NC(O)c3cc(N4CCOC[C@@H]4C)nc(-c4ccc(N)cc4)n3)cc2)n1. The number of nitrogens with two attached hydrogens (primary N) is 1. The van der Waals surface area contributed by atoms with Gasteiger partial charge in [-0.05, 0) is 80.5 Å². The number of ether oxygens (including phenoxy) is 2. The molecular formula is C38H52N8O4Si. The molecular weight excluding hydrogens is 661 g/mol. The molecule has 0 amide bonds. The number of nitrogens with zero attached hydrogens (tertiary/aromatic N) is 6. The molecule has 0 radical (unpaired) electrons. The lowest BCUT2D eigenvalue weighted by Gasteiger charge is -2.36. The van der Waals surface area contributed by atoms with E-state index in [1.165, 1.54) is 0 Å². The summed E-state index contributed by atoms with van der Waals surface area (Å²) in [6.07, 6.45) is -1.09. The maximum atomic E-state index is 11.5. The Bertz CT molecular complexity index is 1780. The summed E-state index contributed by atoms with van der Waals surface area (Å²) < 4.78 is 18.0. The van der Waals surface area contributed by atoms with Gasteiger partial charge in [0.15, 0.2) is 26.2 Å². The van der Waals surface area contributed by atoms with E-state index in [0.29, 0.717) is 62.6 Å². The van der Waals surface area contributed by atoms with Crippen molar-refractivity contribution in [3.8, 4) is 22.8 Å². The van der Waals surface area contributed by atoms with Gasteiger partial charge in [0.2, 0.25) is 0 Å². The molecule has 1 unspecified atom stereocenters. The molecule has 0 spiro atoms. The smallest absolute Gasteiger partial charge is 0.192 e. The zero-order valence-corrected chi connectivity index (χ0v) is 31.9. The first-order chi connectivity index (χ1) is 24.3. The second-order valence-corrected chi connectivity index (χ2v) is 19.9. The van der Waals surface area contributed by atoms with Crippen molar-refractivity contribution >= 4 is 31.3 Å². The number of aliphatic hydroxyl groups excluding tert-OH is 1. The molecule has 3 atom stereocenters. The van der Waals surface area contributed by atoms with E-state index >= 15 is 0 Å². The minimum Gasteiger partial charge on any atom is -0.411 e. The average Bonchev–Trinajstić information content (AvgIpc) is 3.11. The molecule has 51 heavy (non-hydrogen) atoms. The van der Waals surface area contributed by atoms with E-state index in [9.17, 15) is 5.11 Å². The lowest BCUT2D eigenvalue weighted by Crippen LogP contribution is -2.44. The number of nitrogens with one attached hydrogen (secondary N) is 1. The van der Waals surface area contributed by atoms with Crippen molar-refractivity contribution in [2.24, 2.45) is 0 Å². The largest absolute Gasteiger partial charge is 0.411 e. The van der Waals surface area contributed by atoms with Gasteiger partial charge in [-0.3, -0.25) is 0 Å². The molecule has 0 bridgehead atoms. The number of anilines is 4. The summed E-state index contributed by atoms with van der Waals surface area (Å²) in [6.45, 7) is 19.9. The highest BCUT2D eigenvalue weighted by molar-refractivity contribution is 6.74. The zero-order valence-electron chi connectivity index (χ0n) is 30.9. The van der Waals surface area contributed by atoms with Gasteiger partial charge in [-0.2, -0.15) is 0 Å². The van der Waals surface area contributed by atoms with Crippen LogP contribution in [0.4, 0.5) is 23.0 Å². The Kier molecular flexibility index (Phi) is 10.9. The number of rotatable bonds is 10. The number of aliphatic hydroxyl groups is 1. The van der Waals surface area contributed by atoms with Crippen LogP contribution in [0.15, 0.2) is 60.7 Å². The summed E-state index contributed by atoms with van der Waals surface area (Å²) in [4.78, 5) is 24.1. The van der Waals surface area contributed by atoms with Gasteiger partial charge in [0.25, 0.3) is 0 Å². The predicted octanol–water partition coefficient (Wildman–Crippen LogP) is 6.26. The first-order valence-corrected chi connectivity index (χ1v) is 20.7. The number of hydrogen-bond donors (Lipinski definition) is 3. The van der Waals surface area contributed by atoms with Gasteiger partial charge in [-0.25, -0.2) is 19.9 Å². The van der Waals surface area contributed by atoms with Crippen molar-refractivity contribution < 1.29 is 19.0 Å². The third-order valence-electron chi connectivity index (χ3n) is 10.1. The number of hydrogen-bond acceptors (Lipinski definition) is 12. The fourth-order valence-electron chi connectivity index (χ4n) is 5.89. The van der Waals surface area contributed by atoms with Crippen LogP contribution in [-0.2, 0) is 20.5 Å². The highest BCUT2D eigenvalue weighted by atomic mass is 28.4. The monoisotopic (exact) mass is 712 g/mol. The van der Waals surface area contributed by atoms with E-state index in [4.69, 9.17) is 39.6 Å². The van der Waals surface area contributed by atoms with Gasteiger partial charge < -0.3 is 39.9 Å². The molecule has 2 aromatic heterocycles. The van der Waals surface area contributed by atoms with E-state index in [1.807, 2.05) is 54.6 Å². The Morgan fingerprint density at radius 1 is 0.843 bits per heavy atom. The molecule has 0 aliphatic carbocycles. The van der Waals surface area contributed by atoms with E-state index in [2.05, 4.69) is 68.9 Å². The number of benzene rings is 2. The Balaban J connectivity index is 1.26. The van der Waals surface area contributed by atoms with Crippen molar-refractivity contribution in [2.75, 3.05) is 60.4 Å². The molecule has 4 heterocycles. The first kappa shape index (κ1) is 36.6. The lowest BCUT2D eigenvalue weighted by molar-refractivity contribution is 0.0984. The molecule has 2 aliphatic heterocycles. The fourth-order valence-corrected chi connectivity index (χ4v) is 6.83. The molecule has 13 heteroatoms. The quantitative estimate of drug-likeness (QED) is 0.0970. The molecule has 2 fully saturated rings. The molecule has 2 saturated heterocycles. The predicted molar refractivity (Wildman–Crippen MR) is 205 cm³/mol. The van der Waals surface area contributed by atoms with Crippen molar-refractivity contribution in [3.05, 3.63) is 72.1 Å². The Labute approximate surface area is 302 Å². The molecule has 6 rings (SSSR count). The molecule has 272 valence electrons. The maximum absolute atomic E-state index is 11.5. The van der Waals surface area contributed by atoms with Crippen molar-refractivity contribution in [2.45, 2.75) is 77.7 Å². The Morgan fingerprint density at radius 2 is 1.37 bits per heavy atom.